The molecule has 1 saturated carbocycles. The number of aromatic nitrogens is 1. The van der Waals surface area contributed by atoms with Crippen LogP contribution in [0.1, 0.15) is 68.8 Å². The minimum Gasteiger partial charge on any atom is -0.347 e. The van der Waals surface area contributed by atoms with Crippen LogP contribution in [0.2, 0.25) is 0 Å². The topological polar surface area (TPSA) is 146 Å². The maximum Gasteiger partial charge on any atom is 0.289 e. The molecule has 1 heterocycles. The number of nitrogens with zero attached hydrogens (tertiary/aromatic N) is 1. The highest BCUT2D eigenvalue weighted by Crippen LogP contribution is 2.20. The lowest BCUT2D eigenvalue weighted by Crippen LogP contribution is -2.57. The molecule has 4 N–H and O–H groups in total. The number of carbonyl (C=O) groups is 5. The van der Waals surface area contributed by atoms with E-state index in [4.69, 9.17) is 0 Å². The van der Waals surface area contributed by atoms with Crippen LogP contribution >= 0.6 is 11.3 Å². The smallest absolute Gasteiger partial charge is 0.289 e. The molecule has 0 saturated heterocycles. The fourth-order valence-electron chi connectivity index (χ4n) is 5.13. The number of nitrogens with one attached hydrogen (secondary N) is 4. The normalized spacial score (nSPS) is 15.7. The minimum absolute atomic E-state index is 0.0347. The van der Waals surface area contributed by atoms with Gasteiger partial charge in [-0.25, -0.2) is 4.98 Å². The van der Waals surface area contributed by atoms with E-state index in [0.29, 0.717) is 5.56 Å². The van der Waals surface area contributed by atoms with Crippen molar-refractivity contribution in [1.82, 2.24) is 26.3 Å². The van der Waals surface area contributed by atoms with E-state index in [1.807, 2.05) is 30.3 Å². The number of fused-ring (bicyclic) bond motifs is 1. The van der Waals surface area contributed by atoms with Crippen LogP contribution in [0.25, 0.3) is 10.2 Å². The van der Waals surface area contributed by atoms with E-state index in [0.717, 1.165) is 47.9 Å². The molecule has 0 bridgehead atoms. The third-order valence-corrected chi connectivity index (χ3v) is 8.45. The highest BCUT2D eigenvalue weighted by Gasteiger charge is 2.33. The van der Waals surface area contributed by atoms with Crippen LogP contribution in [0.4, 0.5) is 0 Å². The highest BCUT2D eigenvalue weighted by molar-refractivity contribution is 7.16. The van der Waals surface area contributed by atoms with Gasteiger partial charge in [-0.3, -0.25) is 24.0 Å². The molecule has 4 amide bonds. The summed E-state index contributed by atoms with van der Waals surface area (Å²) in [5.41, 5.74) is 3.70. The van der Waals surface area contributed by atoms with Gasteiger partial charge in [-0.15, -0.1) is 11.3 Å². The number of thiazole rings is 1. The quantitative estimate of drug-likeness (QED) is 0.233. The van der Waals surface area contributed by atoms with E-state index in [9.17, 15) is 24.0 Å². The van der Waals surface area contributed by atoms with Gasteiger partial charge in [0.05, 0.1) is 21.8 Å². The predicted molar refractivity (Wildman–Crippen MR) is 165 cm³/mol. The van der Waals surface area contributed by atoms with Gasteiger partial charge in [0.25, 0.3) is 11.8 Å². The number of rotatable bonds is 12. The molecule has 43 heavy (non-hydrogen) atoms. The molecule has 1 aliphatic rings. The Morgan fingerprint density at radius 2 is 1.60 bits per heavy atom. The third-order valence-electron chi connectivity index (χ3n) is 7.66. The number of Topliss-reactive ketones (excluding diaryl/α,β-unsaturated/α-hetero) is 1. The zero-order valence-corrected chi connectivity index (χ0v) is 25.5. The van der Waals surface area contributed by atoms with Crippen molar-refractivity contribution >= 4 is 51.0 Å². The molecule has 3 aromatic rings. The molecule has 0 radical (unpaired) electrons. The molecule has 3 atom stereocenters. The van der Waals surface area contributed by atoms with Gasteiger partial charge in [-0.05, 0) is 49.4 Å². The van der Waals surface area contributed by atoms with Crippen molar-refractivity contribution in [3.63, 3.8) is 0 Å². The van der Waals surface area contributed by atoms with E-state index < -0.39 is 47.5 Å². The molecule has 3 unspecified atom stereocenters. The molecule has 0 aliphatic heterocycles. The fourth-order valence-corrected chi connectivity index (χ4v) is 5.85. The molecule has 4 rings (SSSR count). The summed E-state index contributed by atoms with van der Waals surface area (Å²) < 4.78 is 0.851. The summed E-state index contributed by atoms with van der Waals surface area (Å²) in [5.74, 6) is -3.35. The zero-order valence-electron chi connectivity index (χ0n) is 24.7. The highest BCUT2D eigenvalue weighted by atomic mass is 32.1. The van der Waals surface area contributed by atoms with E-state index in [-0.39, 0.29) is 18.4 Å². The average Bonchev–Trinajstić information content (AvgIpc) is 3.48. The van der Waals surface area contributed by atoms with Crippen molar-refractivity contribution in [2.75, 3.05) is 0 Å². The Morgan fingerprint density at radius 1 is 0.884 bits per heavy atom. The first-order valence-corrected chi connectivity index (χ1v) is 15.6. The lowest BCUT2D eigenvalue weighted by atomic mass is 9.94. The first-order valence-electron chi connectivity index (χ1n) is 14.8. The van der Waals surface area contributed by atoms with Gasteiger partial charge >= 0.3 is 0 Å². The molecule has 11 heteroatoms. The average molecular weight is 606 g/mol. The number of benzene rings is 2. The third kappa shape index (κ3) is 8.70. The first kappa shape index (κ1) is 31.8. The summed E-state index contributed by atoms with van der Waals surface area (Å²) in [4.78, 5) is 69.7. The van der Waals surface area contributed by atoms with Gasteiger partial charge < -0.3 is 21.3 Å². The van der Waals surface area contributed by atoms with Crippen LogP contribution < -0.4 is 21.3 Å². The van der Waals surface area contributed by atoms with Gasteiger partial charge in [0.1, 0.15) is 12.1 Å². The number of hydrogen-bond donors (Lipinski definition) is 4. The molecular weight excluding hydrogens is 566 g/mol. The van der Waals surface area contributed by atoms with Crippen LogP contribution in [0.5, 0.6) is 0 Å². The minimum atomic E-state index is -1.04. The molecule has 0 spiro atoms. The van der Waals surface area contributed by atoms with E-state index in [2.05, 4.69) is 26.3 Å². The number of hydrogen-bond acceptors (Lipinski definition) is 7. The van der Waals surface area contributed by atoms with Crippen molar-refractivity contribution in [1.29, 1.82) is 0 Å². The molecule has 1 fully saturated rings. The van der Waals surface area contributed by atoms with Crippen LogP contribution in [0.15, 0.2) is 54.0 Å². The number of ketones is 1. The summed E-state index contributed by atoms with van der Waals surface area (Å²) >= 11 is 1.41. The first-order chi connectivity index (χ1) is 20.6. The van der Waals surface area contributed by atoms with Crippen LogP contribution in [0, 0.1) is 5.92 Å². The molecule has 1 aliphatic carbocycles. The second-order valence-corrected chi connectivity index (χ2v) is 12.3. The van der Waals surface area contributed by atoms with Crippen molar-refractivity contribution in [2.45, 2.75) is 83.5 Å². The number of amides is 4. The maximum atomic E-state index is 13.4. The zero-order chi connectivity index (χ0) is 30.9. The van der Waals surface area contributed by atoms with Crippen LogP contribution in [-0.4, -0.2) is 58.6 Å². The lowest BCUT2D eigenvalue weighted by Gasteiger charge is -2.26. The predicted octanol–water partition coefficient (Wildman–Crippen LogP) is 3.30. The molecule has 10 nitrogen and oxygen atoms in total. The van der Waals surface area contributed by atoms with Crippen LogP contribution in [0.3, 0.4) is 0 Å². The standard InChI is InChI=1S/C32H39N5O5S/c1-19(2)27(28(38)32(42)35-23-12-8-5-9-13-23)37-29(39)20(3)34-31(41)25(16-21-10-6-4-7-11-21)36-30(40)22-14-15-24-26(17-22)43-18-33-24/h4,6-7,10-11,14-15,17-20,23,25,27H,5,8-9,12-13,16H2,1-3H3,(H,34,41)(H,35,42)(H,36,40)(H,37,39). The summed E-state index contributed by atoms with van der Waals surface area (Å²) in [5, 5.41) is 11.0. The monoisotopic (exact) mass is 605 g/mol. The Morgan fingerprint density at radius 3 is 2.30 bits per heavy atom. The largest absolute Gasteiger partial charge is 0.347 e. The lowest BCUT2D eigenvalue weighted by molar-refractivity contribution is -0.141. The van der Waals surface area contributed by atoms with Crippen molar-refractivity contribution < 1.29 is 24.0 Å². The van der Waals surface area contributed by atoms with E-state index in [1.165, 1.54) is 18.3 Å². The van der Waals surface area contributed by atoms with Gasteiger partial charge in [0.2, 0.25) is 17.6 Å². The summed E-state index contributed by atoms with van der Waals surface area (Å²) in [6.07, 6.45) is 5.00. The molecule has 2 aromatic carbocycles. The Hall–Kier alpha value is -4.12. The SMILES string of the molecule is CC(NC(=O)C(Cc1ccccc1)NC(=O)c1ccc2ncsc2c1)C(=O)NC(C(=O)C(=O)NC1CCCCC1)C(C)C. The second kappa shape index (κ2) is 14.9. The maximum absolute atomic E-state index is 13.4. The van der Waals surface area contributed by atoms with Crippen molar-refractivity contribution in [2.24, 2.45) is 5.92 Å². The second-order valence-electron chi connectivity index (χ2n) is 11.4. The Bertz CT molecular complexity index is 1450. The van der Waals surface area contributed by atoms with Crippen LogP contribution in [-0.2, 0) is 25.6 Å². The van der Waals surface area contributed by atoms with Gasteiger partial charge in [-0.1, -0.05) is 63.4 Å². The van der Waals surface area contributed by atoms with Gasteiger partial charge in [0, 0.05) is 18.0 Å². The summed E-state index contributed by atoms with van der Waals surface area (Å²) in [6, 6.07) is 11.3. The van der Waals surface area contributed by atoms with Gasteiger partial charge in [-0.2, -0.15) is 0 Å². The number of carbonyl (C=O) groups excluding carboxylic acids is 5. The van der Waals surface area contributed by atoms with Crippen molar-refractivity contribution in [3.05, 3.63) is 65.2 Å². The van der Waals surface area contributed by atoms with E-state index >= 15 is 0 Å². The molecular formula is C32H39N5O5S. The summed E-state index contributed by atoms with van der Waals surface area (Å²) in [7, 11) is 0. The summed E-state index contributed by atoms with van der Waals surface area (Å²) in [6.45, 7) is 4.99. The molecule has 1 aromatic heterocycles. The van der Waals surface area contributed by atoms with Crippen molar-refractivity contribution in [3.8, 4) is 0 Å². The van der Waals surface area contributed by atoms with E-state index in [1.54, 1.807) is 37.6 Å². The van der Waals surface area contributed by atoms with Gasteiger partial charge in [0.15, 0.2) is 0 Å². The Labute approximate surface area is 255 Å². The Balaban J connectivity index is 1.41. The Kier molecular flexibility index (Phi) is 11.0. The fraction of sp³-hybridized carbons (Fsp3) is 0.438. The molecule has 228 valence electrons.